The highest BCUT2D eigenvalue weighted by Crippen LogP contribution is 2.23. The van der Waals surface area contributed by atoms with Crippen molar-refractivity contribution >= 4 is 69.1 Å². The monoisotopic (exact) mass is 861 g/mol. The molecular formula is C44H55N13O6. The Hall–Kier alpha value is -7.38. The molecular weight excluding hydrogens is 807 g/mol. The number of nitrogens with one attached hydrogen (secondary N) is 7. The minimum Gasteiger partial charge on any atom is -0.351 e. The van der Waals surface area contributed by atoms with Crippen molar-refractivity contribution in [1.29, 1.82) is 0 Å². The zero-order chi connectivity index (χ0) is 45.5. The minimum absolute atomic E-state index is 0.235. The first kappa shape index (κ1) is 45.2. The first-order valence-corrected chi connectivity index (χ1v) is 20.3. The van der Waals surface area contributed by atoms with Gasteiger partial charge in [0.2, 0.25) is 0 Å². The van der Waals surface area contributed by atoms with E-state index in [4.69, 9.17) is 0 Å². The van der Waals surface area contributed by atoms with E-state index in [-0.39, 0.29) is 28.9 Å². The van der Waals surface area contributed by atoms with Crippen molar-refractivity contribution in [3.05, 3.63) is 107 Å². The largest absolute Gasteiger partial charge is 0.351 e. The van der Waals surface area contributed by atoms with Crippen LogP contribution in [0.5, 0.6) is 0 Å². The molecule has 0 atom stereocenters. The van der Waals surface area contributed by atoms with Crippen LogP contribution in [0.3, 0.4) is 0 Å². The maximum absolute atomic E-state index is 13.4. The van der Waals surface area contributed by atoms with E-state index in [9.17, 15) is 28.8 Å². The van der Waals surface area contributed by atoms with Crippen LogP contribution < -0.4 is 31.9 Å². The Balaban J connectivity index is 1.03. The van der Waals surface area contributed by atoms with Gasteiger partial charge in [-0.25, -0.2) is 0 Å². The van der Waals surface area contributed by atoms with Crippen LogP contribution in [0.4, 0.5) is 22.7 Å². The molecule has 0 unspecified atom stereocenters. The Kier molecular flexibility index (Phi) is 14.0. The number of aromatic amines is 1. The van der Waals surface area contributed by atoms with Gasteiger partial charge in [0.15, 0.2) is 0 Å². The number of hydrogen-bond donors (Lipinski definition) is 7. The summed E-state index contributed by atoms with van der Waals surface area (Å²) in [6.45, 7) is 2.75. The fourth-order valence-electron chi connectivity index (χ4n) is 6.99. The summed E-state index contributed by atoms with van der Waals surface area (Å²) < 4.78 is 6.46. The first-order chi connectivity index (χ1) is 29.9. The van der Waals surface area contributed by atoms with Gasteiger partial charge >= 0.3 is 0 Å². The lowest BCUT2D eigenvalue weighted by Gasteiger charge is -2.10. The number of hydrogen-bond acceptors (Lipinski definition) is 8. The Bertz CT molecular complexity index is 2530. The molecule has 0 aliphatic carbocycles. The summed E-state index contributed by atoms with van der Waals surface area (Å²) >= 11 is 0. The van der Waals surface area contributed by atoms with Gasteiger partial charge < -0.3 is 65.0 Å². The molecule has 0 radical (unpaired) electrons. The number of rotatable bonds is 18. The number of amides is 6. The van der Waals surface area contributed by atoms with E-state index in [1.807, 2.05) is 38.0 Å². The van der Waals surface area contributed by atoms with Crippen LogP contribution in [0.25, 0.3) is 10.9 Å². The van der Waals surface area contributed by atoms with Crippen molar-refractivity contribution in [3.63, 3.8) is 0 Å². The van der Waals surface area contributed by atoms with E-state index in [0.29, 0.717) is 63.7 Å². The van der Waals surface area contributed by atoms with Gasteiger partial charge in [-0.3, -0.25) is 28.8 Å². The van der Waals surface area contributed by atoms with Crippen molar-refractivity contribution in [2.75, 3.05) is 75.6 Å². The predicted molar refractivity (Wildman–Crippen MR) is 243 cm³/mol. The molecule has 7 N–H and O–H groups in total. The second kappa shape index (κ2) is 19.6. The lowest BCUT2D eigenvalue weighted by atomic mass is 10.1. The van der Waals surface area contributed by atoms with Gasteiger partial charge in [-0.2, -0.15) is 0 Å². The quantitative estimate of drug-likeness (QED) is 0.0628. The molecule has 6 aromatic rings. The zero-order valence-corrected chi connectivity index (χ0v) is 36.8. The normalized spacial score (nSPS) is 11.3. The molecule has 1 aromatic carbocycles. The topological polar surface area (TPSA) is 217 Å². The Labute approximate surface area is 364 Å². The summed E-state index contributed by atoms with van der Waals surface area (Å²) in [6, 6.07) is 12.9. The molecule has 0 fully saturated rings. The fourth-order valence-corrected chi connectivity index (χ4v) is 6.99. The van der Waals surface area contributed by atoms with Gasteiger partial charge in [-0.1, -0.05) is 6.07 Å². The average molecular weight is 862 g/mol. The molecule has 5 aromatic heterocycles. The van der Waals surface area contributed by atoms with Crippen molar-refractivity contribution in [3.8, 4) is 0 Å². The second-order valence-electron chi connectivity index (χ2n) is 16.0. The van der Waals surface area contributed by atoms with Gasteiger partial charge in [0.25, 0.3) is 35.4 Å². The van der Waals surface area contributed by atoms with E-state index < -0.39 is 23.6 Å². The third-order valence-corrected chi connectivity index (χ3v) is 10.2. The number of H-pyrrole nitrogens is 1. The summed E-state index contributed by atoms with van der Waals surface area (Å²) in [5, 5.41) is 17.8. The van der Waals surface area contributed by atoms with E-state index >= 15 is 0 Å². The van der Waals surface area contributed by atoms with Crippen molar-refractivity contribution in [2.24, 2.45) is 28.2 Å². The van der Waals surface area contributed by atoms with Crippen molar-refractivity contribution in [2.45, 2.75) is 12.8 Å². The summed E-state index contributed by atoms with van der Waals surface area (Å²) in [6.07, 6.45) is 8.16. The third-order valence-electron chi connectivity index (χ3n) is 10.2. The van der Waals surface area contributed by atoms with Gasteiger partial charge in [-0.05, 0) is 96.6 Å². The van der Waals surface area contributed by atoms with Crippen LogP contribution >= 0.6 is 0 Å². The van der Waals surface area contributed by atoms with E-state index in [1.54, 1.807) is 120 Å². The summed E-state index contributed by atoms with van der Waals surface area (Å²) in [5.41, 5.74) is 4.13. The maximum atomic E-state index is 13.4. The number of benzene rings is 1. The van der Waals surface area contributed by atoms with Crippen LogP contribution in [0, 0.1) is 0 Å². The smallest absolute Gasteiger partial charge is 0.272 e. The first-order valence-electron chi connectivity index (χ1n) is 20.3. The molecule has 63 heavy (non-hydrogen) atoms. The van der Waals surface area contributed by atoms with Gasteiger partial charge in [0, 0.05) is 82.5 Å². The summed E-state index contributed by atoms with van der Waals surface area (Å²) in [4.78, 5) is 85.8. The van der Waals surface area contributed by atoms with Crippen LogP contribution in [-0.4, -0.2) is 123 Å². The molecule has 6 rings (SSSR count). The van der Waals surface area contributed by atoms with Crippen LogP contribution in [0.2, 0.25) is 0 Å². The summed E-state index contributed by atoms with van der Waals surface area (Å²) in [7, 11) is 14.7. The molecule has 0 spiro atoms. The number of anilines is 4. The molecule has 0 bridgehead atoms. The Morgan fingerprint density at radius 3 is 1.29 bits per heavy atom. The average Bonchev–Trinajstić information content (AvgIpc) is 4.05. The van der Waals surface area contributed by atoms with Gasteiger partial charge in [0.1, 0.15) is 28.5 Å². The SMILES string of the molecule is CN(C)CCCNC(=O)c1cc(NC(=O)c2cc(NC(=O)c3ccc4cc(C(=O)Nc5cc(C(=O)Nc6cc(C(=O)NCCCN(C)C)n(C)c6)n(C)c5)[nH]c4c3)cn2C)cn1C. The highest BCUT2D eigenvalue weighted by molar-refractivity contribution is 6.11. The minimum atomic E-state index is -0.459. The molecule has 332 valence electrons. The van der Waals surface area contributed by atoms with Gasteiger partial charge in [0.05, 0.1) is 22.7 Å². The third kappa shape index (κ3) is 11.3. The Morgan fingerprint density at radius 2 is 0.873 bits per heavy atom. The molecule has 6 amide bonds. The highest BCUT2D eigenvalue weighted by atomic mass is 16.2. The Morgan fingerprint density at radius 1 is 0.492 bits per heavy atom. The number of carbonyl (C=O) groups excluding carboxylic acids is 6. The highest BCUT2D eigenvalue weighted by Gasteiger charge is 2.20. The molecule has 5 heterocycles. The number of aryl methyl sites for hydroxylation is 4. The second-order valence-corrected chi connectivity index (χ2v) is 16.0. The van der Waals surface area contributed by atoms with E-state index in [0.717, 1.165) is 25.9 Å². The van der Waals surface area contributed by atoms with E-state index in [1.165, 1.54) is 0 Å². The predicted octanol–water partition coefficient (Wildman–Crippen LogP) is 3.89. The van der Waals surface area contributed by atoms with Crippen molar-refractivity contribution in [1.82, 2.24) is 43.7 Å². The molecule has 0 saturated heterocycles. The fraction of sp³-hybridized carbons (Fsp3) is 0.318. The molecule has 0 aliphatic heterocycles. The lowest BCUT2D eigenvalue weighted by Crippen LogP contribution is -2.28. The molecule has 19 nitrogen and oxygen atoms in total. The summed E-state index contributed by atoms with van der Waals surface area (Å²) in [5.74, 6) is -2.22. The van der Waals surface area contributed by atoms with Crippen LogP contribution in [-0.2, 0) is 28.2 Å². The standard InChI is InChI=1S/C44H55N13O6/c1-52(2)15-9-13-45-41(60)35-19-31(25-54(35)5)49-43(62)37-21-29(23-56(37)7)47-39(58)28-12-11-27-17-34(51-33(27)18-28)40(59)48-30-22-38(57(8)24-30)44(63)50-32-20-36(55(6)26-32)42(61)46-14-10-16-53(3)4/h11-12,17-26,51H,9-10,13-16H2,1-8H3,(H,45,60)(H,46,61)(H,47,58)(H,48,59)(H,49,62)(H,50,63). The maximum Gasteiger partial charge on any atom is 0.272 e. The number of nitrogens with zero attached hydrogens (tertiary/aromatic N) is 6. The molecule has 0 aliphatic rings. The number of fused-ring (bicyclic) bond motifs is 1. The van der Waals surface area contributed by atoms with E-state index in [2.05, 4.69) is 36.9 Å². The van der Waals surface area contributed by atoms with Crippen LogP contribution in [0.15, 0.2) is 73.3 Å². The zero-order valence-electron chi connectivity index (χ0n) is 36.8. The van der Waals surface area contributed by atoms with Crippen LogP contribution in [0.1, 0.15) is 75.6 Å². The number of aromatic nitrogens is 5. The number of carbonyl (C=O) groups is 6. The molecule has 0 saturated carbocycles. The molecule has 19 heteroatoms. The van der Waals surface area contributed by atoms with Gasteiger partial charge in [-0.15, -0.1) is 0 Å². The lowest BCUT2D eigenvalue weighted by molar-refractivity contribution is 0.0936. The van der Waals surface area contributed by atoms with Crippen molar-refractivity contribution < 1.29 is 28.8 Å².